The molecule has 0 aliphatic carbocycles. The van der Waals surface area contributed by atoms with Gasteiger partial charge in [0, 0.05) is 17.5 Å². The number of halogens is 1. The molecule has 0 spiro atoms. The minimum Gasteiger partial charge on any atom is -0.493 e. The number of aromatic nitrogens is 2. The van der Waals surface area contributed by atoms with Gasteiger partial charge >= 0.3 is 0 Å². The molecule has 6 heteroatoms. The molecule has 3 N–H and O–H groups in total. The summed E-state index contributed by atoms with van der Waals surface area (Å²) in [7, 11) is 0. The van der Waals surface area contributed by atoms with Gasteiger partial charge in [-0.2, -0.15) is 4.98 Å². The van der Waals surface area contributed by atoms with Crippen LogP contribution in [0.15, 0.2) is 29.1 Å². The molecule has 1 saturated heterocycles. The number of piperidine rings is 1. The van der Waals surface area contributed by atoms with Gasteiger partial charge in [0.2, 0.25) is 5.88 Å². The first-order valence-corrected chi connectivity index (χ1v) is 7.33. The van der Waals surface area contributed by atoms with Crippen LogP contribution in [0.4, 0.5) is 0 Å². The molecule has 0 amide bonds. The van der Waals surface area contributed by atoms with Crippen LogP contribution in [0.3, 0.4) is 0 Å². The summed E-state index contributed by atoms with van der Waals surface area (Å²) in [4.78, 5) is 19.3. The normalized spacial score (nSPS) is 18.6. The first-order valence-electron chi connectivity index (χ1n) is 6.95. The zero-order valence-electron chi connectivity index (χ0n) is 11.4. The zero-order chi connectivity index (χ0) is 14.8. The predicted molar refractivity (Wildman–Crippen MR) is 81.8 cm³/mol. The predicted octanol–water partition coefficient (Wildman–Crippen LogP) is 2.26. The standard InChI is InChI=1S/C15H16ClN3O2/c16-11-5-1-3-9(7-11)12-14(20)18-13(19-15(12)21)10-4-2-6-17-8-10/h1,3,5,7,10,17H,2,4,6,8H2,(H2,18,19,20,21). The number of rotatable bonds is 2. The molecule has 2 aromatic rings. The fourth-order valence-electron chi connectivity index (χ4n) is 2.66. The van der Waals surface area contributed by atoms with Crippen molar-refractivity contribution in [2.75, 3.05) is 13.1 Å². The van der Waals surface area contributed by atoms with Gasteiger partial charge in [0.1, 0.15) is 11.4 Å². The molecule has 5 nitrogen and oxygen atoms in total. The van der Waals surface area contributed by atoms with Gasteiger partial charge in [-0.25, -0.2) is 0 Å². The Bertz CT molecular complexity index is 708. The average Bonchev–Trinajstić information content (AvgIpc) is 2.47. The highest BCUT2D eigenvalue weighted by atomic mass is 35.5. The number of H-pyrrole nitrogens is 1. The van der Waals surface area contributed by atoms with E-state index in [1.807, 2.05) is 0 Å². The first kappa shape index (κ1) is 14.1. The van der Waals surface area contributed by atoms with E-state index in [4.69, 9.17) is 11.6 Å². The fraction of sp³-hybridized carbons (Fsp3) is 0.333. The van der Waals surface area contributed by atoms with Crippen molar-refractivity contribution in [2.24, 2.45) is 0 Å². The van der Waals surface area contributed by atoms with Crippen LogP contribution in [0.2, 0.25) is 5.02 Å². The number of hydrogen-bond acceptors (Lipinski definition) is 4. The fourth-order valence-corrected chi connectivity index (χ4v) is 2.85. The lowest BCUT2D eigenvalue weighted by atomic mass is 9.98. The van der Waals surface area contributed by atoms with E-state index in [9.17, 15) is 9.90 Å². The molecule has 0 radical (unpaired) electrons. The Morgan fingerprint density at radius 3 is 2.90 bits per heavy atom. The maximum absolute atomic E-state index is 12.3. The highest BCUT2D eigenvalue weighted by molar-refractivity contribution is 6.30. The Morgan fingerprint density at radius 2 is 2.24 bits per heavy atom. The van der Waals surface area contributed by atoms with Gasteiger partial charge in [-0.05, 0) is 37.1 Å². The third-order valence-corrected chi connectivity index (χ3v) is 3.95. The van der Waals surface area contributed by atoms with Crippen LogP contribution in [0.1, 0.15) is 24.6 Å². The summed E-state index contributed by atoms with van der Waals surface area (Å²) in [6.07, 6.45) is 1.98. The van der Waals surface area contributed by atoms with Crippen molar-refractivity contribution in [3.63, 3.8) is 0 Å². The van der Waals surface area contributed by atoms with E-state index in [1.54, 1.807) is 24.3 Å². The second kappa shape index (κ2) is 5.87. The Kier molecular flexibility index (Phi) is 3.94. The molecule has 0 bridgehead atoms. The van der Waals surface area contributed by atoms with Gasteiger partial charge in [-0.15, -0.1) is 0 Å². The van der Waals surface area contributed by atoms with E-state index < -0.39 is 0 Å². The van der Waals surface area contributed by atoms with Crippen LogP contribution in [0, 0.1) is 0 Å². The van der Waals surface area contributed by atoms with Crippen molar-refractivity contribution < 1.29 is 5.11 Å². The minimum absolute atomic E-state index is 0.130. The highest BCUT2D eigenvalue weighted by Gasteiger charge is 2.20. The third kappa shape index (κ3) is 2.94. The summed E-state index contributed by atoms with van der Waals surface area (Å²) < 4.78 is 0. The molecule has 1 aliphatic heterocycles. The molecule has 1 unspecified atom stereocenters. The van der Waals surface area contributed by atoms with Crippen molar-refractivity contribution in [3.8, 4) is 17.0 Å². The van der Waals surface area contributed by atoms with E-state index >= 15 is 0 Å². The van der Waals surface area contributed by atoms with Gasteiger partial charge in [-0.3, -0.25) is 4.79 Å². The van der Waals surface area contributed by atoms with Crippen LogP contribution in [-0.4, -0.2) is 28.2 Å². The van der Waals surface area contributed by atoms with E-state index in [-0.39, 0.29) is 22.9 Å². The van der Waals surface area contributed by atoms with E-state index in [2.05, 4.69) is 15.3 Å². The number of aromatic amines is 1. The lowest BCUT2D eigenvalue weighted by Gasteiger charge is -2.22. The molecule has 3 rings (SSSR count). The van der Waals surface area contributed by atoms with Crippen molar-refractivity contribution in [3.05, 3.63) is 45.5 Å². The molecule has 21 heavy (non-hydrogen) atoms. The smallest absolute Gasteiger partial charge is 0.262 e. The largest absolute Gasteiger partial charge is 0.493 e. The molecule has 1 atom stereocenters. The molecule has 0 saturated carbocycles. The average molecular weight is 306 g/mol. The van der Waals surface area contributed by atoms with Gasteiger partial charge in [0.05, 0.1) is 0 Å². The summed E-state index contributed by atoms with van der Waals surface area (Å²) in [5.41, 5.74) is 0.373. The summed E-state index contributed by atoms with van der Waals surface area (Å²) in [5, 5.41) is 13.9. The number of aromatic hydroxyl groups is 1. The van der Waals surface area contributed by atoms with Gasteiger partial charge in [0.25, 0.3) is 5.56 Å². The van der Waals surface area contributed by atoms with Crippen molar-refractivity contribution in [1.82, 2.24) is 15.3 Å². The maximum Gasteiger partial charge on any atom is 0.262 e. The van der Waals surface area contributed by atoms with Gasteiger partial charge in [-0.1, -0.05) is 23.7 Å². The zero-order valence-corrected chi connectivity index (χ0v) is 12.2. The molecular formula is C15H16ClN3O2. The van der Waals surface area contributed by atoms with Crippen molar-refractivity contribution >= 4 is 11.6 Å². The molecule has 110 valence electrons. The SMILES string of the molecule is O=c1[nH]c(C2CCCNC2)nc(O)c1-c1cccc(Cl)c1. The molecule has 1 aromatic heterocycles. The summed E-state index contributed by atoms with van der Waals surface area (Å²) in [6, 6.07) is 6.80. The van der Waals surface area contributed by atoms with Crippen molar-refractivity contribution in [1.29, 1.82) is 0 Å². The van der Waals surface area contributed by atoms with E-state index in [0.717, 1.165) is 25.9 Å². The summed E-state index contributed by atoms with van der Waals surface area (Å²) in [6.45, 7) is 1.74. The lowest BCUT2D eigenvalue weighted by Crippen LogP contribution is -2.30. The minimum atomic E-state index is -0.342. The Morgan fingerprint density at radius 1 is 1.38 bits per heavy atom. The van der Waals surface area contributed by atoms with Crippen LogP contribution in [0.25, 0.3) is 11.1 Å². The molecule has 2 heterocycles. The molecule has 1 aromatic carbocycles. The molecule has 1 fully saturated rings. The number of benzene rings is 1. The second-order valence-corrected chi connectivity index (χ2v) is 5.64. The van der Waals surface area contributed by atoms with Gasteiger partial charge in [0.15, 0.2) is 0 Å². The Balaban J connectivity index is 2.02. The second-order valence-electron chi connectivity index (χ2n) is 5.20. The number of hydrogen-bond donors (Lipinski definition) is 3. The van der Waals surface area contributed by atoms with E-state index in [0.29, 0.717) is 16.4 Å². The third-order valence-electron chi connectivity index (χ3n) is 3.72. The maximum atomic E-state index is 12.3. The molecular weight excluding hydrogens is 290 g/mol. The van der Waals surface area contributed by atoms with Gasteiger partial charge < -0.3 is 15.4 Å². The monoisotopic (exact) mass is 305 g/mol. The van der Waals surface area contributed by atoms with Crippen LogP contribution in [-0.2, 0) is 0 Å². The number of nitrogens with zero attached hydrogens (tertiary/aromatic N) is 1. The lowest BCUT2D eigenvalue weighted by molar-refractivity contribution is 0.421. The Hall–Kier alpha value is -1.85. The first-order chi connectivity index (χ1) is 10.1. The highest BCUT2D eigenvalue weighted by Crippen LogP contribution is 2.28. The Labute approximate surface area is 127 Å². The van der Waals surface area contributed by atoms with Crippen molar-refractivity contribution in [2.45, 2.75) is 18.8 Å². The number of nitrogens with one attached hydrogen (secondary N) is 2. The van der Waals surface area contributed by atoms with Crippen LogP contribution < -0.4 is 10.9 Å². The topological polar surface area (TPSA) is 78.0 Å². The quantitative estimate of drug-likeness (QED) is 0.795. The van der Waals surface area contributed by atoms with E-state index in [1.165, 1.54) is 0 Å². The van der Waals surface area contributed by atoms with Crippen LogP contribution >= 0.6 is 11.6 Å². The van der Waals surface area contributed by atoms with Crippen LogP contribution in [0.5, 0.6) is 5.88 Å². The summed E-state index contributed by atoms with van der Waals surface area (Å²) >= 11 is 5.93. The molecule has 1 aliphatic rings. The summed E-state index contributed by atoms with van der Waals surface area (Å²) in [5.74, 6) is 0.419.